The fourth-order valence-corrected chi connectivity index (χ4v) is 3.37. The van der Waals surface area contributed by atoms with E-state index in [0.717, 1.165) is 18.4 Å². The third kappa shape index (κ3) is 4.34. The third-order valence-corrected chi connectivity index (χ3v) is 4.89. The minimum atomic E-state index is 0.527. The highest BCUT2D eigenvalue weighted by Crippen LogP contribution is 2.26. The van der Waals surface area contributed by atoms with Crippen molar-refractivity contribution >= 4 is 0 Å². The van der Waals surface area contributed by atoms with Crippen molar-refractivity contribution in [2.75, 3.05) is 0 Å². The molecule has 20 heavy (non-hydrogen) atoms. The highest BCUT2D eigenvalue weighted by Gasteiger charge is 2.19. The fraction of sp³-hybridized carbons (Fsp3) is 0.684. The molecule has 0 spiro atoms. The molecule has 0 aliphatic heterocycles. The van der Waals surface area contributed by atoms with Crippen LogP contribution in [-0.2, 0) is 6.42 Å². The lowest BCUT2D eigenvalue weighted by atomic mass is 9.99. The number of rotatable bonds is 5. The van der Waals surface area contributed by atoms with Crippen LogP contribution >= 0.6 is 0 Å². The predicted molar refractivity (Wildman–Crippen MR) is 88.0 cm³/mol. The molecule has 1 nitrogen and oxygen atoms in total. The van der Waals surface area contributed by atoms with Gasteiger partial charge in [0.05, 0.1) is 0 Å². The molecule has 0 bridgehead atoms. The maximum atomic E-state index is 3.92. The Balaban J connectivity index is 1.96. The van der Waals surface area contributed by atoms with E-state index in [1.165, 1.54) is 49.7 Å². The minimum absolute atomic E-state index is 0.527. The Labute approximate surface area is 125 Å². The Kier molecular flexibility index (Phi) is 6.09. The van der Waals surface area contributed by atoms with E-state index >= 15 is 0 Å². The molecule has 3 unspecified atom stereocenters. The van der Waals surface area contributed by atoms with E-state index < -0.39 is 0 Å². The second-order valence-corrected chi connectivity index (χ2v) is 6.53. The van der Waals surface area contributed by atoms with Crippen LogP contribution in [-0.4, -0.2) is 6.04 Å². The predicted octanol–water partition coefficient (Wildman–Crippen LogP) is 5.26. The van der Waals surface area contributed by atoms with Gasteiger partial charge in [-0.1, -0.05) is 57.9 Å². The van der Waals surface area contributed by atoms with Gasteiger partial charge in [-0.05, 0) is 49.1 Å². The summed E-state index contributed by atoms with van der Waals surface area (Å²) in [6.45, 7) is 6.92. The Bertz CT molecular complexity index is 381. The van der Waals surface area contributed by atoms with Crippen LogP contribution in [0.25, 0.3) is 0 Å². The summed E-state index contributed by atoms with van der Waals surface area (Å²) in [5.74, 6) is 0.922. The van der Waals surface area contributed by atoms with Crippen LogP contribution in [0.2, 0.25) is 0 Å². The Morgan fingerprint density at radius 2 is 1.80 bits per heavy atom. The molecule has 3 atom stereocenters. The van der Waals surface area contributed by atoms with Crippen LogP contribution in [0.1, 0.15) is 76.5 Å². The zero-order chi connectivity index (χ0) is 14.4. The van der Waals surface area contributed by atoms with Gasteiger partial charge in [-0.2, -0.15) is 0 Å². The lowest BCUT2D eigenvalue weighted by Crippen LogP contribution is -2.32. The molecule has 0 aromatic heterocycles. The zero-order valence-electron chi connectivity index (χ0n) is 13.5. The van der Waals surface area contributed by atoms with Gasteiger partial charge in [-0.25, -0.2) is 0 Å². The second kappa shape index (κ2) is 7.83. The molecule has 0 amide bonds. The molecule has 0 saturated heterocycles. The maximum absolute atomic E-state index is 3.92. The Hall–Kier alpha value is -0.820. The van der Waals surface area contributed by atoms with E-state index in [0.29, 0.717) is 6.04 Å². The largest absolute Gasteiger partial charge is 0.307 e. The summed E-state index contributed by atoms with van der Waals surface area (Å²) in [6, 6.07) is 10.5. The number of hydrogen-bond acceptors (Lipinski definition) is 1. The molecule has 0 heterocycles. The van der Waals surface area contributed by atoms with Crippen molar-refractivity contribution in [3.63, 3.8) is 0 Å². The van der Waals surface area contributed by atoms with Crippen LogP contribution in [0.3, 0.4) is 0 Å². The second-order valence-electron chi connectivity index (χ2n) is 6.53. The summed E-state index contributed by atoms with van der Waals surface area (Å²) in [5, 5.41) is 3.92. The summed E-state index contributed by atoms with van der Waals surface area (Å²) in [5.41, 5.74) is 2.90. The van der Waals surface area contributed by atoms with Gasteiger partial charge in [-0.15, -0.1) is 0 Å². The maximum Gasteiger partial charge on any atom is 0.0320 e. The van der Waals surface area contributed by atoms with Crippen molar-refractivity contribution in [3.8, 4) is 0 Å². The standard InChI is InChI=1S/C19H31N/c1-4-16-10-12-17(13-11-16)19(5-2)20-18-8-6-7-15(3)9-14-18/h10-13,15,18-20H,4-9,14H2,1-3H3. The molecule has 1 heteroatoms. The molecule has 112 valence electrons. The average molecular weight is 273 g/mol. The first-order chi connectivity index (χ1) is 9.72. The van der Waals surface area contributed by atoms with E-state index in [1.807, 2.05) is 0 Å². The third-order valence-electron chi connectivity index (χ3n) is 4.89. The van der Waals surface area contributed by atoms with Gasteiger partial charge in [0.15, 0.2) is 0 Å². The minimum Gasteiger partial charge on any atom is -0.307 e. The van der Waals surface area contributed by atoms with Gasteiger partial charge in [0.2, 0.25) is 0 Å². The molecule has 2 rings (SSSR count). The van der Waals surface area contributed by atoms with Crippen molar-refractivity contribution in [1.29, 1.82) is 0 Å². The summed E-state index contributed by atoms with van der Waals surface area (Å²) in [6.07, 6.45) is 9.22. The van der Waals surface area contributed by atoms with Gasteiger partial charge in [-0.3, -0.25) is 0 Å². The summed E-state index contributed by atoms with van der Waals surface area (Å²) < 4.78 is 0. The number of aryl methyl sites for hydroxylation is 1. The highest BCUT2D eigenvalue weighted by atomic mass is 14.9. The van der Waals surface area contributed by atoms with Crippen LogP contribution in [0.15, 0.2) is 24.3 Å². The van der Waals surface area contributed by atoms with Gasteiger partial charge in [0.1, 0.15) is 0 Å². The fourth-order valence-electron chi connectivity index (χ4n) is 3.37. The molecule has 0 radical (unpaired) electrons. The Morgan fingerprint density at radius 3 is 2.45 bits per heavy atom. The smallest absolute Gasteiger partial charge is 0.0320 e. The quantitative estimate of drug-likeness (QED) is 0.722. The van der Waals surface area contributed by atoms with Crippen LogP contribution in [0.4, 0.5) is 0 Å². The lowest BCUT2D eigenvalue weighted by molar-refractivity contribution is 0.387. The van der Waals surface area contributed by atoms with E-state index in [-0.39, 0.29) is 0 Å². The summed E-state index contributed by atoms with van der Waals surface area (Å²) in [7, 11) is 0. The van der Waals surface area contributed by atoms with E-state index in [9.17, 15) is 0 Å². The molecule has 1 saturated carbocycles. The zero-order valence-corrected chi connectivity index (χ0v) is 13.5. The first-order valence-corrected chi connectivity index (χ1v) is 8.57. The molecular formula is C19H31N. The van der Waals surface area contributed by atoms with Crippen molar-refractivity contribution in [1.82, 2.24) is 5.32 Å². The summed E-state index contributed by atoms with van der Waals surface area (Å²) >= 11 is 0. The average Bonchev–Trinajstić information content (AvgIpc) is 2.69. The van der Waals surface area contributed by atoms with Crippen molar-refractivity contribution in [2.45, 2.75) is 77.8 Å². The molecule has 1 aliphatic carbocycles. The van der Waals surface area contributed by atoms with Gasteiger partial charge >= 0.3 is 0 Å². The molecule has 1 fully saturated rings. The Morgan fingerprint density at radius 1 is 1.05 bits per heavy atom. The molecule has 1 N–H and O–H groups in total. The topological polar surface area (TPSA) is 12.0 Å². The molecule has 1 aromatic carbocycles. The number of nitrogens with one attached hydrogen (secondary N) is 1. The van der Waals surface area contributed by atoms with Crippen molar-refractivity contribution < 1.29 is 0 Å². The van der Waals surface area contributed by atoms with Crippen molar-refractivity contribution in [3.05, 3.63) is 35.4 Å². The van der Waals surface area contributed by atoms with Crippen LogP contribution in [0, 0.1) is 5.92 Å². The molecular weight excluding hydrogens is 242 g/mol. The van der Waals surface area contributed by atoms with E-state index in [4.69, 9.17) is 0 Å². The normalized spacial score (nSPS) is 25.1. The number of benzene rings is 1. The molecule has 1 aliphatic rings. The van der Waals surface area contributed by atoms with E-state index in [2.05, 4.69) is 50.4 Å². The number of hydrogen-bond donors (Lipinski definition) is 1. The van der Waals surface area contributed by atoms with Crippen molar-refractivity contribution in [2.24, 2.45) is 5.92 Å². The van der Waals surface area contributed by atoms with Gasteiger partial charge < -0.3 is 5.32 Å². The van der Waals surface area contributed by atoms with E-state index in [1.54, 1.807) is 0 Å². The monoisotopic (exact) mass is 273 g/mol. The van der Waals surface area contributed by atoms with Gasteiger partial charge in [0.25, 0.3) is 0 Å². The SMILES string of the molecule is CCc1ccc(C(CC)NC2CCCC(C)CC2)cc1. The van der Waals surface area contributed by atoms with Crippen LogP contribution in [0.5, 0.6) is 0 Å². The summed E-state index contributed by atoms with van der Waals surface area (Å²) in [4.78, 5) is 0. The first-order valence-electron chi connectivity index (χ1n) is 8.57. The highest BCUT2D eigenvalue weighted by molar-refractivity contribution is 5.25. The van der Waals surface area contributed by atoms with Gasteiger partial charge in [0, 0.05) is 12.1 Å². The van der Waals surface area contributed by atoms with Crippen LogP contribution < -0.4 is 5.32 Å². The molecule has 1 aromatic rings. The lowest BCUT2D eigenvalue weighted by Gasteiger charge is -2.25. The first kappa shape index (κ1) is 15.6.